The number of nitrogens with zero attached hydrogens (tertiary/aromatic N) is 5. The molecule has 0 aliphatic carbocycles. The molecule has 0 bridgehead atoms. The van der Waals surface area contributed by atoms with Gasteiger partial charge in [-0.3, -0.25) is 0 Å². The van der Waals surface area contributed by atoms with Crippen LogP contribution in [0.5, 0.6) is 5.75 Å². The van der Waals surface area contributed by atoms with Crippen molar-refractivity contribution >= 4 is 17.3 Å². The summed E-state index contributed by atoms with van der Waals surface area (Å²) in [6, 6.07) is 8.48. The number of piperidine rings is 1. The summed E-state index contributed by atoms with van der Waals surface area (Å²) >= 11 is 0. The monoisotopic (exact) mass is 353 g/mol. The standard InChI is InChI=1S/C20H27N5O/c1-26-19-7-6-17(23-10-3-2-4-11-23)16-18(19)24-12-14-25(15-13-24)20-21-8-5-9-22-20/h5-9,16H,2-4,10-15H2,1H3. The lowest BCUT2D eigenvalue weighted by atomic mass is 10.1. The lowest BCUT2D eigenvalue weighted by Crippen LogP contribution is -2.47. The van der Waals surface area contributed by atoms with Crippen molar-refractivity contribution in [3.05, 3.63) is 36.7 Å². The number of rotatable bonds is 4. The molecule has 4 rings (SSSR count). The minimum atomic E-state index is 0.821. The lowest BCUT2D eigenvalue weighted by molar-refractivity contribution is 0.413. The van der Waals surface area contributed by atoms with E-state index in [2.05, 4.69) is 42.9 Å². The van der Waals surface area contributed by atoms with Gasteiger partial charge in [0.15, 0.2) is 0 Å². The fourth-order valence-electron chi connectivity index (χ4n) is 3.88. The number of ether oxygens (including phenoxy) is 1. The zero-order valence-corrected chi connectivity index (χ0v) is 15.5. The molecule has 6 heteroatoms. The molecule has 2 aliphatic heterocycles. The summed E-state index contributed by atoms with van der Waals surface area (Å²) in [5.41, 5.74) is 2.51. The van der Waals surface area contributed by atoms with Gasteiger partial charge in [-0.05, 0) is 43.5 Å². The van der Waals surface area contributed by atoms with Gasteiger partial charge in [0.1, 0.15) is 5.75 Å². The first kappa shape index (κ1) is 16.9. The van der Waals surface area contributed by atoms with E-state index >= 15 is 0 Å². The highest BCUT2D eigenvalue weighted by Gasteiger charge is 2.22. The smallest absolute Gasteiger partial charge is 0.225 e. The molecule has 3 heterocycles. The summed E-state index contributed by atoms with van der Waals surface area (Å²) in [5.74, 6) is 1.77. The quantitative estimate of drug-likeness (QED) is 0.842. The summed E-state index contributed by atoms with van der Waals surface area (Å²) in [6.07, 6.45) is 7.54. The molecule has 1 aromatic heterocycles. The second-order valence-electron chi connectivity index (χ2n) is 6.93. The van der Waals surface area contributed by atoms with Crippen molar-refractivity contribution in [2.45, 2.75) is 19.3 Å². The number of piperazine rings is 1. The molecule has 138 valence electrons. The van der Waals surface area contributed by atoms with Gasteiger partial charge in [0.25, 0.3) is 0 Å². The Bertz CT molecular complexity index is 709. The predicted molar refractivity (Wildman–Crippen MR) is 106 cm³/mol. The molecule has 0 atom stereocenters. The lowest BCUT2D eigenvalue weighted by Gasteiger charge is -2.37. The van der Waals surface area contributed by atoms with Crippen molar-refractivity contribution in [1.82, 2.24) is 9.97 Å². The highest BCUT2D eigenvalue weighted by molar-refractivity contribution is 5.67. The zero-order chi connectivity index (χ0) is 17.8. The van der Waals surface area contributed by atoms with Crippen LogP contribution in [0, 0.1) is 0 Å². The average molecular weight is 353 g/mol. The summed E-state index contributed by atoms with van der Waals surface area (Å²) in [5, 5.41) is 0. The number of hydrogen-bond acceptors (Lipinski definition) is 6. The Morgan fingerprint density at radius 3 is 2.19 bits per heavy atom. The molecule has 26 heavy (non-hydrogen) atoms. The van der Waals surface area contributed by atoms with E-state index in [9.17, 15) is 0 Å². The molecule has 2 aliphatic rings. The molecule has 2 fully saturated rings. The van der Waals surface area contributed by atoms with Gasteiger partial charge in [-0.25, -0.2) is 9.97 Å². The van der Waals surface area contributed by atoms with Crippen LogP contribution in [-0.4, -0.2) is 56.3 Å². The van der Waals surface area contributed by atoms with E-state index in [4.69, 9.17) is 4.74 Å². The number of benzene rings is 1. The highest BCUT2D eigenvalue weighted by Crippen LogP contribution is 2.34. The van der Waals surface area contributed by atoms with Gasteiger partial charge in [-0.15, -0.1) is 0 Å². The van der Waals surface area contributed by atoms with Crippen LogP contribution < -0.4 is 19.4 Å². The van der Waals surface area contributed by atoms with Crippen molar-refractivity contribution in [3.8, 4) is 5.75 Å². The molecule has 0 saturated carbocycles. The molecule has 0 amide bonds. The predicted octanol–water partition coefficient (Wildman–Crippen LogP) is 2.80. The summed E-state index contributed by atoms with van der Waals surface area (Å²) in [6.45, 7) is 6.04. The largest absolute Gasteiger partial charge is 0.495 e. The Kier molecular flexibility index (Phi) is 5.09. The topological polar surface area (TPSA) is 44.7 Å². The van der Waals surface area contributed by atoms with Crippen LogP contribution in [0.3, 0.4) is 0 Å². The SMILES string of the molecule is COc1ccc(N2CCCCC2)cc1N1CCN(c2ncccn2)CC1. The normalized spacial score (nSPS) is 18.1. The van der Waals surface area contributed by atoms with E-state index in [0.29, 0.717) is 0 Å². The molecule has 0 radical (unpaired) electrons. The van der Waals surface area contributed by atoms with Gasteiger partial charge in [-0.2, -0.15) is 0 Å². The third-order valence-electron chi connectivity index (χ3n) is 5.34. The van der Waals surface area contributed by atoms with Gasteiger partial charge in [0, 0.05) is 57.3 Å². The molecular weight excluding hydrogens is 326 g/mol. The maximum Gasteiger partial charge on any atom is 0.225 e. The zero-order valence-electron chi connectivity index (χ0n) is 15.5. The van der Waals surface area contributed by atoms with Crippen molar-refractivity contribution in [2.24, 2.45) is 0 Å². The number of hydrogen-bond donors (Lipinski definition) is 0. The minimum absolute atomic E-state index is 0.821. The van der Waals surface area contributed by atoms with Crippen LogP contribution in [0.2, 0.25) is 0 Å². The van der Waals surface area contributed by atoms with Crippen LogP contribution in [0.25, 0.3) is 0 Å². The fourth-order valence-corrected chi connectivity index (χ4v) is 3.88. The Morgan fingerprint density at radius 2 is 1.50 bits per heavy atom. The number of anilines is 3. The second-order valence-corrected chi connectivity index (χ2v) is 6.93. The Balaban J connectivity index is 1.50. The molecule has 2 aromatic rings. The minimum Gasteiger partial charge on any atom is -0.495 e. The molecule has 2 saturated heterocycles. The number of methoxy groups -OCH3 is 1. The van der Waals surface area contributed by atoms with Crippen LogP contribution >= 0.6 is 0 Å². The molecular formula is C20H27N5O. The molecule has 0 unspecified atom stereocenters. The highest BCUT2D eigenvalue weighted by atomic mass is 16.5. The number of aromatic nitrogens is 2. The van der Waals surface area contributed by atoms with E-state index in [-0.39, 0.29) is 0 Å². The van der Waals surface area contributed by atoms with E-state index in [1.54, 1.807) is 19.5 Å². The van der Waals surface area contributed by atoms with Crippen molar-refractivity contribution in [2.75, 3.05) is 61.1 Å². The van der Waals surface area contributed by atoms with Crippen molar-refractivity contribution in [1.29, 1.82) is 0 Å². The van der Waals surface area contributed by atoms with Gasteiger partial charge >= 0.3 is 0 Å². The maximum absolute atomic E-state index is 5.65. The van der Waals surface area contributed by atoms with Gasteiger partial charge in [-0.1, -0.05) is 0 Å². The Labute approximate surface area is 155 Å². The molecule has 0 N–H and O–H groups in total. The summed E-state index contributed by atoms with van der Waals surface area (Å²) in [7, 11) is 1.76. The van der Waals surface area contributed by atoms with Crippen molar-refractivity contribution < 1.29 is 4.74 Å². The molecule has 1 aromatic carbocycles. The first-order chi connectivity index (χ1) is 12.8. The Hall–Kier alpha value is -2.50. The van der Waals surface area contributed by atoms with Crippen molar-refractivity contribution in [3.63, 3.8) is 0 Å². The van der Waals surface area contributed by atoms with Crippen LogP contribution in [0.4, 0.5) is 17.3 Å². The average Bonchev–Trinajstić information content (AvgIpc) is 2.75. The third kappa shape index (κ3) is 3.54. The Morgan fingerprint density at radius 1 is 0.808 bits per heavy atom. The summed E-state index contributed by atoms with van der Waals surface area (Å²) in [4.78, 5) is 15.9. The summed E-state index contributed by atoms with van der Waals surface area (Å²) < 4.78 is 5.65. The fraction of sp³-hybridized carbons (Fsp3) is 0.500. The van der Waals surface area contributed by atoms with E-state index < -0.39 is 0 Å². The van der Waals surface area contributed by atoms with Gasteiger partial charge in [0.2, 0.25) is 5.95 Å². The third-order valence-corrected chi connectivity index (χ3v) is 5.34. The van der Waals surface area contributed by atoms with Crippen LogP contribution in [0.15, 0.2) is 36.7 Å². The molecule has 6 nitrogen and oxygen atoms in total. The first-order valence-electron chi connectivity index (χ1n) is 9.55. The van der Waals surface area contributed by atoms with E-state index in [1.807, 2.05) is 6.07 Å². The van der Waals surface area contributed by atoms with Gasteiger partial charge < -0.3 is 19.4 Å². The molecule has 0 spiro atoms. The second kappa shape index (κ2) is 7.81. The van der Waals surface area contributed by atoms with Crippen LogP contribution in [-0.2, 0) is 0 Å². The van der Waals surface area contributed by atoms with E-state index in [0.717, 1.165) is 51.0 Å². The first-order valence-corrected chi connectivity index (χ1v) is 9.55. The maximum atomic E-state index is 5.65. The van der Waals surface area contributed by atoms with E-state index in [1.165, 1.54) is 30.6 Å². The van der Waals surface area contributed by atoms with Gasteiger partial charge in [0.05, 0.1) is 12.8 Å². The van der Waals surface area contributed by atoms with Crippen LogP contribution in [0.1, 0.15) is 19.3 Å².